The first-order chi connectivity index (χ1) is 29.3. The van der Waals surface area contributed by atoms with Gasteiger partial charge in [0.2, 0.25) is 0 Å². The highest BCUT2D eigenvalue weighted by Crippen LogP contribution is 2.49. The normalized spacial score (nSPS) is 12.5. The summed E-state index contributed by atoms with van der Waals surface area (Å²) in [5.74, 6) is 0. The predicted octanol–water partition coefficient (Wildman–Crippen LogP) is 16.3. The molecule has 0 bridgehead atoms. The number of hydrogen-bond donors (Lipinski definition) is 0. The Morgan fingerprint density at radius 1 is 0.339 bits per heavy atom. The molecule has 0 aliphatic rings. The van der Waals surface area contributed by atoms with Crippen molar-refractivity contribution in [1.29, 1.82) is 0 Å². The average molecular weight is 835 g/mol. The third kappa shape index (κ3) is 8.26. The lowest BCUT2D eigenvalue weighted by Gasteiger charge is -2.23. The van der Waals surface area contributed by atoms with Gasteiger partial charge in [-0.2, -0.15) is 26.3 Å². The minimum absolute atomic E-state index is 0.139. The molecule has 0 amide bonds. The van der Waals surface area contributed by atoms with Crippen LogP contribution in [0.25, 0.3) is 78.1 Å². The Hall–Kier alpha value is -6.54. The number of alkyl halides is 6. The Morgan fingerprint density at radius 2 is 0.677 bits per heavy atom. The summed E-state index contributed by atoms with van der Waals surface area (Å²) in [6.45, 7) is 12.5. The number of fused-ring (bicyclic) bond motifs is 1. The van der Waals surface area contributed by atoms with Crippen molar-refractivity contribution >= 4 is 10.8 Å². The molecule has 2 nitrogen and oxygen atoms in total. The Labute approximate surface area is 358 Å². The summed E-state index contributed by atoms with van der Waals surface area (Å²) in [6, 6.07) is 44.3. The van der Waals surface area contributed by atoms with Crippen molar-refractivity contribution in [3.63, 3.8) is 0 Å². The number of aromatic nitrogens is 2. The maximum atomic E-state index is 15.7. The van der Waals surface area contributed by atoms with Gasteiger partial charge >= 0.3 is 12.4 Å². The maximum absolute atomic E-state index is 15.7. The van der Waals surface area contributed by atoms with E-state index in [1.807, 2.05) is 48.5 Å². The Kier molecular flexibility index (Phi) is 10.7. The van der Waals surface area contributed by atoms with Crippen molar-refractivity contribution < 1.29 is 26.3 Å². The van der Waals surface area contributed by atoms with E-state index in [-0.39, 0.29) is 55.6 Å². The van der Waals surface area contributed by atoms with Crippen LogP contribution in [0.15, 0.2) is 158 Å². The smallest absolute Gasteiger partial charge is 0.247 e. The summed E-state index contributed by atoms with van der Waals surface area (Å²) in [7, 11) is 0. The second kappa shape index (κ2) is 15.7. The number of rotatable bonds is 6. The van der Waals surface area contributed by atoms with Gasteiger partial charge in [0.05, 0.1) is 33.9 Å². The fourth-order valence-electron chi connectivity index (χ4n) is 8.06. The van der Waals surface area contributed by atoms with Crippen LogP contribution in [-0.2, 0) is 23.2 Å². The largest absolute Gasteiger partial charge is 0.419 e. The standard InChI is InChI=1S/C54H44F6N2/c1-51(2,3)37-27-23-33(24-28-37)45-31-43(47(53(55,56)57)49(61-45)35-15-9-7-10-16-35)41-21-13-20-40-39(41)19-14-22-42(40)44-32-46(34-25-29-38(30-26-34)52(4,5)6)62-50(48(44)54(58,59)60)36-17-11-8-12-18-36/h7-32H,1-6H3. The fourth-order valence-corrected chi connectivity index (χ4v) is 8.06. The van der Waals surface area contributed by atoms with E-state index in [9.17, 15) is 0 Å². The SMILES string of the molecule is CC(C)(C)c1ccc(-c2cc(-c3cccc4c(-c5cc(-c6ccc(C(C)(C)C)cc6)nc(-c6ccccc6)c5C(F)(F)F)cccc34)c(C(F)(F)F)c(-c3ccccc3)n2)cc1. The molecule has 0 saturated carbocycles. The molecule has 0 spiro atoms. The number of nitrogens with zero attached hydrogens (tertiary/aromatic N) is 2. The molecule has 8 rings (SSSR count). The zero-order valence-electron chi connectivity index (χ0n) is 35.2. The maximum Gasteiger partial charge on any atom is 0.419 e. The zero-order chi connectivity index (χ0) is 44.2. The van der Waals surface area contributed by atoms with E-state index < -0.39 is 23.5 Å². The van der Waals surface area contributed by atoms with Crippen molar-refractivity contribution in [2.24, 2.45) is 0 Å². The molecule has 8 aromatic rings. The molecule has 0 N–H and O–H groups in total. The Balaban J connectivity index is 1.43. The summed E-state index contributed by atoms with van der Waals surface area (Å²) in [5, 5.41) is 0.689. The minimum Gasteiger partial charge on any atom is -0.247 e. The number of hydrogen-bond acceptors (Lipinski definition) is 2. The predicted molar refractivity (Wildman–Crippen MR) is 240 cm³/mol. The number of benzene rings is 6. The lowest BCUT2D eigenvalue weighted by Crippen LogP contribution is -2.13. The van der Waals surface area contributed by atoms with Gasteiger partial charge in [0.15, 0.2) is 0 Å². The fraction of sp³-hybridized carbons (Fsp3) is 0.185. The molecule has 0 aliphatic carbocycles. The van der Waals surface area contributed by atoms with Crippen LogP contribution in [0.1, 0.15) is 63.8 Å². The van der Waals surface area contributed by atoms with Gasteiger partial charge in [0.1, 0.15) is 0 Å². The van der Waals surface area contributed by atoms with Gasteiger partial charge in [0.25, 0.3) is 0 Å². The van der Waals surface area contributed by atoms with Crippen molar-refractivity contribution in [1.82, 2.24) is 9.97 Å². The lowest BCUT2D eigenvalue weighted by atomic mass is 9.85. The molecule has 0 fully saturated rings. The van der Waals surface area contributed by atoms with E-state index in [0.717, 1.165) is 11.1 Å². The molecule has 2 aromatic heterocycles. The first kappa shape index (κ1) is 42.2. The minimum atomic E-state index is -4.86. The van der Waals surface area contributed by atoms with Crippen molar-refractivity contribution in [3.05, 3.63) is 180 Å². The van der Waals surface area contributed by atoms with Crippen molar-refractivity contribution in [3.8, 4) is 67.3 Å². The monoisotopic (exact) mass is 834 g/mol. The van der Waals surface area contributed by atoms with Crippen LogP contribution in [-0.4, -0.2) is 9.97 Å². The summed E-state index contributed by atoms with van der Waals surface area (Å²) < 4.78 is 93.9. The second-order valence-electron chi connectivity index (χ2n) is 17.6. The van der Waals surface area contributed by atoms with Gasteiger partial charge in [0, 0.05) is 22.3 Å². The molecule has 0 radical (unpaired) electrons. The molecule has 0 saturated heterocycles. The topological polar surface area (TPSA) is 25.8 Å². The summed E-state index contributed by atoms with van der Waals surface area (Å²) in [5.41, 5.74) is 1.96. The average Bonchev–Trinajstić information content (AvgIpc) is 3.24. The molecule has 312 valence electrons. The van der Waals surface area contributed by atoms with Crippen LogP contribution in [0.5, 0.6) is 0 Å². The van der Waals surface area contributed by atoms with Crippen LogP contribution in [0.4, 0.5) is 26.3 Å². The van der Waals surface area contributed by atoms with E-state index in [1.54, 1.807) is 97.1 Å². The first-order valence-corrected chi connectivity index (χ1v) is 20.4. The molecular formula is C54H44F6N2. The molecule has 0 unspecified atom stereocenters. The van der Waals surface area contributed by atoms with Crippen molar-refractivity contribution in [2.45, 2.75) is 64.7 Å². The zero-order valence-corrected chi connectivity index (χ0v) is 35.2. The van der Waals surface area contributed by atoms with Crippen molar-refractivity contribution in [2.75, 3.05) is 0 Å². The van der Waals surface area contributed by atoms with E-state index >= 15 is 26.3 Å². The van der Waals surface area contributed by atoms with Crippen LogP contribution in [0, 0.1) is 0 Å². The molecule has 2 heterocycles. The first-order valence-electron chi connectivity index (χ1n) is 20.4. The van der Waals surface area contributed by atoms with Gasteiger partial charge in [-0.25, -0.2) is 9.97 Å². The van der Waals surface area contributed by atoms with Crippen LogP contribution >= 0.6 is 0 Å². The third-order valence-corrected chi connectivity index (χ3v) is 11.3. The molecular weight excluding hydrogens is 791 g/mol. The Bertz CT molecular complexity index is 2700. The highest BCUT2D eigenvalue weighted by molar-refractivity contribution is 6.06. The number of halogens is 6. The highest BCUT2D eigenvalue weighted by Gasteiger charge is 2.40. The van der Waals surface area contributed by atoms with Crippen LogP contribution in [0.3, 0.4) is 0 Å². The lowest BCUT2D eigenvalue weighted by molar-refractivity contribution is -0.137. The summed E-state index contributed by atoms with van der Waals surface area (Å²) in [6.07, 6.45) is -9.73. The number of pyridine rings is 2. The van der Waals surface area contributed by atoms with Crippen LogP contribution < -0.4 is 0 Å². The molecule has 6 aromatic carbocycles. The second-order valence-corrected chi connectivity index (χ2v) is 17.6. The highest BCUT2D eigenvalue weighted by atomic mass is 19.4. The van der Waals surface area contributed by atoms with E-state index in [4.69, 9.17) is 0 Å². The molecule has 0 aliphatic heterocycles. The Morgan fingerprint density at radius 3 is 0.984 bits per heavy atom. The van der Waals surface area contributed by atoms with E-state index in [2.05, 4.69) is 51.5 Å². The molecule has 62 heavy (non-hydrogen) atoms. The molecule has 0 atom stereocenters. The van der Waals surface area contributed by atoms with Crippen LogP contribution in [0.2, 0.25) is 0 Å². The van der Waals surface area contributed by atoms with Gasteiger partial charge in [-0.3, -0.25) is 0 Å². The van der Waals surface area contributed by atoms with Gasteiger partial charge in [-0.05, 0) is 67.1 Å². The third-order valence-electron chi connectivity index (χ3n) is 11.3. The summed E-state index contributed by atoms with van der Waals surface area (Å²) >= 11 is 0. The van der Waals surface area contributed by atoms with Gasteiger partial charge in [-0.1, -0.05) is 187 Å². The quantitative estimate of drug-likeness (QED) is 0.156. The molecule has 8 heteroatoms. The van der Waals surface area contributed by atoms with Gasteiger partial charge < -0.3 is 0 Å². The van der Waals surface area contributed by atoms with E-state index in [1.165, 1.54) is 12.1 Å². The summed E-state index contributed by atoms with van der Waals surface area (Å²) in [4.78, 5) is 9.37. The van der Waals surface area contributed by atoms with Gasteiger partial charge in [-0.15, -0.1) is 0 Å². The van der Waals surface area contributed by atoms with E-state index in [0.29, 0.717) is 33.3 Å².